The van der Waals surface area contributed by atoms with Crippen LogP contribution in [-0.2, 0) is 9.47 Å². The summed E-state index contributed by atoms with van der Waals surface area (Å²) in [7, 11) is 3.60. The first-order valence-corrected chi connectivity index (χ1v) is 9.24. The molecule has 2 aliphatic rings. The Bertz CT molecular complexity index is 502. The first-order valence-electron chi connectivity index (χ1n) is 8.42. The quantitative estimate of drug-likeness (QED) is 0.785. The summed E-state index contributed by atoms with van der Waals surface area (Å²) in [6.45, 7) is 9.18. The zero-order valence-corrected chi connectivity index (χ0v) is 15.3. The Morgan fingerprint density at radius 3 is 2.61 bits per heavy atom. The standard InChI is InChI=1S/C16H28N4O2S/c1-13-17-18-15(23-13)20-6-4-16(5-7-20)12-19(8-9-21-2)10-14(16)11-22-3/h14H,4-12H2,1-3H3/t14-/m1/s1. The van der Waals surface area contributed by atoms with Crippen molar-refractivity contribution in [2.75, 3.05) is 65.1 Å². The van der Waals surface area contributed by atoms with Crippen LogP contribution in [0.2, 0.25) is 0 Å². The molecule has 7 heteroatoms. The predicted molar refractivity (Wildman–Crippen MR) is 92.2 cm³/mol. The van der Waals surface area contributed by atoms with Crippen LogP contribution in [0.15, 0.2) is 0 Å². The number of methoxy groups -OCH3 is 2. The van der Waals surface area contributed by atoms with Gasteiger partial charge in [0.25, 0.3) is 0 Å². The molecule has 130 valence electrons. The summed E-state index contributed by atoms with van der Waals surface area (Å²) >= 11 is 1.70. The molecule has 0 saturated carbocycles. The summed E-state index contributed by atoms with van der Waals surface area (Å²) in [5.41, 5.74) is 0.389. The molecule has 0 aliphatic carbocycles. The highest BCUT2D eigenvalue weighted by Crippen LogP contribution is 2.45. The fourth-order valence-electron chi connectivity index (χ4n) is 4.09. The fourth-order valence-corrected chi connectivity index (χ4v) is 4.83. The Hall–Kier alpha value is -0.760. The van der Waals surface area contributed by atoms with Gasteiger partial charge in [0.15, 0.2) is 0 Å². The Morgan fingerprint density at radius 2 is 2.00 bits per heavy atom. The molecule has 6 nitrogen and oxygen atoms in total. The van der Waals surface area contributed by atoms with Crippen LogP contribution in [0.4, 0.5) is 5.13 Å². The second-order valence-electron chi connectivity index (χ2n) is 6.83. The largest absolute Gasteiger partial charge is 0.384 e. The molecule has 2 fully saturated rings. The van der Waals surface area contributed by atoms with Gasteiger partial charge in [-0.2, -0.15) is 0 Å². The van der Waals surface area contributed by atoms with Crippen molar-refractivity contribution in [3.8, 4) is 0 Å². The molecule has 1 aromatic heterocycles. The van der Waals surface area contributed by atoms with E-state index in [4.69, 9.17) is 9.47 Å². The number of hydrogen-bond acceptors (Lipinski definition) is 7. The average molecular weight is 340 g/mol. The minimum atomic E-state index is 0.389. The summed E-state index contributed by atoms with van der Waals surface area (Å²) in [6.07, 6.45) is 2.42. The van der Waals surface area contributed by atoms with Crippen molar-refractivity contribution in [2.24, 2.45) is 11.3 Å². The first-order chi connectivity index (χ1) is 11.2. The van der Waals surface area contributed by atoms with E-state index in [1.165, 1.54) is 19.4 Å². The van der Waals surface area contributed by atoms with Gasteiger partial charge in [-0.1, -0.05) is 11.3 Å². The Labute approximate surface area is 142 Å². The van der Waals surface area contributed by atoms with E-state index >= 15 is 0 Å². The maximum absolute atomic E-state index is 5.53. The minimum absolute atomic E-state index is 0.389. The van der Waals surface area contributed by atoms with Crippen molar-refractivity contribution in [3.05, 3.63) is 5.01 Å². The third-order valence-electron chi connectivity index (χ3n) is 5.41. The third kappa shape index (κ3) is 3.68. The SMILES string of the molecule is COCCN1C[C@H](COC)C2(CCN(c3nnc(C)s3)CC2)C1. The molecule has 1 atom stereocenters. The molecule has 2 aliphatic heterocycles. The van der Waals surface area contributed by atoms with Gasteiger partial charge in [-0.25, -0.2) is 0 Å². The molecule has 23 heavy (non-hydrogen) atoms. The number of aromatic nitrogens is 2. The predicted octanol–water partition coefficient (Wildman–Crippen LogP) is 1.66. The number of nitrogens with zero attached hydrogens (tertiary/aromatic N) is 4. The highest BCUT2D eigenvalue weighted by atomic mass is 32.1. The summed E-state index contributed by atoms with van der Waals surface area (Å²) in [5.74, 6) is 0.627. The smallest absolute Gasteiger partial charge is 0.208 e. The summed E-state index contributed by atoms with van der Waals surface area (Å²) in [5, 5.41) is 10.6. The molecule has 0 aromatic carbocycles. The number of ether oxygens (including phenoxy) is 2. The Balaban J connectivity index is 1.64. The van der Waals surface area contributed by atoms with Crippen molar-refractivity contribution < 1.29 is 9.47 Å². The van der Waals surface area contributed by atoms with Crippen molar-refractivity contribution >= 4 is 16.5 Å². The van der Waals surface area contributed by atoms with Crippen LogP contribution < -0.4 is 4.90 Å². The lowest BCUT2D eigenvalue weighted by Gasteiger charge is -2.42. The van der Waals surface area contributed by atoms with E-state index in [1.54, 1.807) is 18.4 Å². The third-order valence-corrected chi connectivity index (χ3v) is 6.31. The van der Waals surface area contributed by atoms with Crippen molar-refractivity contribution in [1.29, 1.82) is 0 Å². The van der Waals surface area contributed by atoms with Crippen molar-refractivity contribution in [2.45, 2.75) is 19.8 Å². The van der Waals surface area contributed by atoms with E-state index in [-0.39, 0.29) is 0 Å². The number of anilines is 1. The van der Waals surface area contributed by atoms with E-state index in [9.17, 15) is 0 Å². The van der Waals surface area contributed by atoms with Crippen LogP contribution in [0.5, 0.6) is 0 Å². The summed E-state index contributed by atoms with van der Waals surface area (Å²) < 4.78 is 10.8. The molecule has 1 spiro atoms. The minimum Gasteiger partial charge on any atom is -0.384 e. The number of hydrogen-bond donors (Lipinski definition) is 0. The van der Waals surface area contributed by atoms with Gasteiger partial charge in [0.2, 0.25) is 5.13 Å². The molecule has 0 amide bonds. The van der Waals surface area contributed by atoms with Crippen LogP contribution in [0, 0.1) is 18.3 Å². The monoisotopic (exact) mass is 340 g/mol. The van der Waals surface area contributed by atoms with Crippen LogP contribution in [-0.4, -0.2) is 75.3 Å². The van der Waals surface area contributed by atoms with Crippen LogP contribution in [0.25, 0.3) is 0 Å². The highest BCUT2D eigenvalue weighted by molar-refractivity contribution is 7.15. The molecule has 3 heterocycles. The molecular weight excluding hydrogens is 312 g/mol. The lowest BCUT2D eigenvalue weighted by atomic mass is 9.71. The van der Waals surface area contributed by atoms with E-state index in [1.807, 2.05) is 14.0 Å². The molecule has 0 bridgehead atoms. The molecule has 0 radical (unpaired) electrons. The number of aryl methyl sites for hydroxylation is 1. The lowest BCUT2D eigenvalue weighted by Crippen LogP contribution is -2.45. The fraction of sp³-hybridized carbons (Fsp3) is 0.875. The van der Waals surface area contributed by atoms with E-state index in [2.05, 4.69) is 20.0 Å². The van der Waals surface area contributed by atoms with Gasteiger partial charge in [0.05, 0.1) is 13.2 Å². The lowest BCUT2D eigenvalue weighted by molar-refractivity contribution is 0.0761. The normalized spacial score (nSPS) is 24.7. The number of rotatable bonds is 6. The second-order valence-corrected chi connectivity index (χ2v) is 7.99. The summed E-state index contributed by atoms with van der Waals surface area (Å²) in [6, 6.07) is 0. The molecule has 3 rings (SSSR count). The van der Waals surface area contributed by atoms with Crippen LogP contribution >= 0.6 is 11.3 Å². The number of likely N-dealkylation sites (tertiary alicyclic amines) is 1. The maximum atomic E-state index is 5.53. The van der Waals surface area contributed by atoms with E-state index in [0.29, 0.717) is 11.3 Å². The second kappa shape index (κ2) is 7.42. The first kappa shape index (κ1) is 17.1. The molecule has 0 unspecified atom stereocenters. The van der Waals surface area contributed by atoms with E-state index in [0.717, 1.165) is 49.5 Å². The van der Waals surface area contributed by atoms with E-state index < -0.39 is 0 Å². The Kier molecular flexibility index (Phi) is 5.51. The van der Waals surface area contributed by atoms with Gasteiger partial charge >= 0.3 is 0 Å². The van der Waals surface area contributed by atoms with Crippen LogP contribution in [0.3, 0.4) is 0 Å². The molecule has 2 saturated heterocycles. The number of piperidine rings is 1. The maximum Gasteiger partial charge on any atom is 0.208 e. The van der Waals surface area contributed by atoms with Gasteiger partial charge in [-0.3, -0.25) is 0 Å². The summed E-state index contributed by atoms with van der Waals surface area (Å²) in [4.78, 5) is 4.95. The zero-order chi connectivity index (χ0) is 16.3. The van der Waals surface area contributed by atoms with Gasteiger partial charge in [-0.15, -0.1) is 10.2 Å². The van der Waals surface area contributed by atoms with Gasteiger partial charge in [0, 0.05) is 52.9 Å². The van der Waals surface area contributed by atoms with Crippen molar-refractivity contribution in [3.63, 3.8) is 0 Å². The van der Waals surface area contributed by atoms with Crippen molar-refractivity contribution in [1.82, 2.24) is 15.1 Å². The molecular formula is C16H28N4O2S. The molecule has 0 N–H and O–H groups in total. The van der Waals surface area contributed by atoms with Gasteiger partial charge in [0.1, 0.15) is 5.01 Å². The topological polar surface area (TPSA) is 50.7 Å². The van der Waals surface area contributed by atoms with Gasteiger partial charge < -0.3 is 19.3 Å². The zero-order valence-electron chi connectivity index (χ0n) is 14.5. The Morgan fingerprint density at radius 1 is 1.22 bits per heavy atom. The average Bonchev–Trinajstić information content (AvgIpc) is 3.12. The van der Waals surface area contributed by atoms with Crippen LogP contribution in [0.1, 0.15) is 17.8 Å². The highest BCUT2D eigenvalue weighted by Gasteiger charge is 2.47. The van der Waals surface area contributed by atoms with Gasteiger partial charge in [-0.05, 0) is 25.2 Å². The molecule has 1 aromatic rings.